The molecule has 0 aliphatic carbocycles. The summed E-state index contributed by atoms with van der Waals surface area (Å²) >= 11 is 0. The average Bonchev–Trinajstić information content (AvgIpc) is 2.64. The summed E-state index contributed by atoms with van der Waals surface area (Å²) in [4.78, 5) is 15.0. The molecule has 2 heterocycles. The van der Waals surface area contributed by atoms with Crippen molar-refractivity contribution in [3.05, 3.63) is 29.3 Å². The van der Waals surface area contributed by atoms with Crippen molar-refractivity contribution in [3.63, 3.8) is 0 Å². The van der Waals surface area contributed by atoms with Gasteiger partial charge in [0, 0.05) is 18.8 Å². The van der Waals surface area contributed by atoms with E-state index in [-0.39, 0.29) is 5.41 Å². The molecule has 1 N–H and O–H groups in total. The molecule has 1 aromatic carbocycles. The van der Waals surface area contributed by atoms with Crippen molar-refractivity contribution >= 4 is 11.6 Å². The van der Waals surface area contributed by atoms with E-state index in [0.717, 1.165) is 44.6 Å². The van der Waals surface area contributed by atoms with Crippen LogP contribution in [0, 0.1) is 6.92 Å². The standard InChI is InChI=1S/C16H22N2O/c1-3-10-18-13-7-4-6-12(2)14(13)16(15(18)19)8-5-9-17-11-16/h4,6-7,17H,3,5,8-11H2,1-2H3. The largest absolute Gasteiger partial charge is 0.315 e. The van der Waals surface area contributed by atoms with Gasteiger partial charge in [0.2, 0.25) is 5.91 Å². The number of rotatable bonds is 2. The number of benzene rings is 1. The van der Waals surface area contributed by atoms with Gasteiger partial charge >= 0.3 is 0 Å². The minimum absolute atomic E-state index is 0.298. The first kappa shape index (κ1) is 12.7. The average molecular weight is 258 g/mol. The van der Waals surface area contributed by atoms with Crippen LogP contribution in [0.1, 0.15) is 37.3 Å². The molecule has 3 heteroatoms. The van der Waals surface area contributed by atoms with Gasteiger partial charge in [0.05, 0.1) is 5.41 Å². The first-order valence-electron chi connectivity index (χ1n) is 7.33. The second kappa shape index (κ2) is 4.64. The van der Waals surface area contributed by atoms with Gasteiger partial charge in [0.1, 0.15) is 0 Å². The molecule has 1 atom stereocenters. The van der Waals surface area contributed by atoms with Crippen LogP contribution in [0.4, 0.5) is 5.69 Å². The molecule has 1 saturated heterocycles. The predicted molar refractivity (Wildman–Crippen MR) is 77.6 cm³/mol. The molecule has 19 heavy (non-hydrogen) atoms. The van der Waals surface area contributed by atoms with Gasteiger partial charge in [0.25, 0.3) is 0 Å². The van der Waals surface area contributed by atoms with Gasteiger partial charge < -0.3 is 10.2 Å². The fourth-order valence-corrected chi connectivity index (χ4v) is 3.72. The number of hydrogen-bond acceptors (Lipinski definition) is 2. The zero-order valence-corrected chi connectivity index (χ0v) is 11.8. The molecular formula is C16H22N2O. The lowest BCUT2D eigenvalue weighted by atomic mass is 9.74. The predicted octanol–water partition coefficient (Wildman–Crippen LogP) is 2.37. The van der Waals surface area contributed by atoms with Crippen LogP contribution in [0.2, 0.25) is 0 Å². The topological polar surface area (TPSA) is 32.3 Å². The second-order valence-corrected chi connectivity index (χ2v) is 5.79. The molecule has 2 aliphatic heterocycles. The van der Waals surface area contributed by atoms with E-state index in [1.54, 1.807) is 0 Å². The van der Waals surface area contributed by atoms with E-state index in [2.05, 4.69) is 37.4 Å². The van der Waals surface area contributed by atoms with Gasteiger partial charge in [-0.15, -0.1) is 0 Å². The molecule has 1 unspecified atom stereocenters. The lowest BCUT2D eigenvalue weighted by Gasteiger charge is -2.33. The van der Waals surface area contributed by atoms with Gasteiger partial charge in [0.15, 0.2) is 0 Å². The van der Waals surface area contributed by atoms with Crippen molar-refractivity contribution in [2.45, 2.75) is 38.5 Å². The number of nitrogens with zero attached hydrogens (tertiary/aromatic N) is 1. The minimum Gasteiger partial charge on any atom is -0.315 e. The fraction of sp³-hybridized carbons (Fsp3) is 0.562. The van der Waals surface area contributed by atoms with Crippen LogP contribution in [0.15, 0.2) is 18.2 Å². The monoisotopic (exact) mass is 258 g/mol. The number of nitrogens with one attached hydrogen (secondary N) is 1. The van der Waals surface area contributed by atoms with Crippen molar-refractivity contribution in [1.29, 1.82) is 0 Å². The molecule has 3 rings (SSSR count). The van der Waals surface area contributed by atoms with Gasteiger partial charge in [-0.05, 0) is 49.9 Å². The highest BCUT2D eigenvalue weighted by molar-refractivity contribution is 6.08. The summed E-state index contributed by atoms with van der Waals surface area (Å²) in [5.74, 6) is 0.311. The molecule has 2 aliphatic rings. The number of carbonyl (C=O) groups is 1. The van der Waals surface area contributed by atoms with Crippen molar-refractivity contribution in [2.24, 2.45) is 0 Å². The van der Waals surface area contributed by atoms with Gasteiger partial charge in [-0.25, -0.2) is 0 Å². The minimum atomic E-state index is -0.298. The van der Waals surface area contributed by atoms with Crippen molar-refractivity contribution < 1.29 is 4.79 Å². The zero-order valence-electron chi connectivity index (χ0n) is 11.8. The zero-order chi connectivity index (χ0) is 13.5. The molecule has 1 aromatic rings. The maximum Gasteiger partial charge on any atom is 0.239 e. The molecule has 1 fully saturated rings. The Bertz CT molecular complexity index is 503. The number of carbonyl (C=O) groups excluding carboxylic acids is 1. The molecule has 1 spiro atoms. The Labute approximate surface area is 115 Å². The first-order valence-corrected chi connectivity index (χ1v) is 7.33. The highest BCUT2D eigenvalue weighted by atomic mass is 16.2. The van der Waals surface area contributed by atoms with E-state index in [1.165, 1.54) is 11.1 Å². The Morgan fingerprint density at radius 3 is 2.95 bits per heavy atom. The highest BCUT2D eigenvalue weighted by Crippen LogP contribution is 2.47. The van der Waals surface area contributed by atoms with Crippen LogP contribution in [-0.2, 0) is 10.2 Å². The Morgan fingerprint density at radius 1 is 1.42 bits per heavy atom. The van der Waals surface area contributed by atoms with Crippen LogP contribution in [0.5, 0.6) is 0 Å². The lowest BCUT2D eigenvalue weighted by molar-refractivity contribution is -0.123. The van der Waals surface area contributed by atoms with Gasteiger partial charge in [-0.3, -0.25) is 4.79 Å². The molecule has 102 valence electrons. The SMILES string of the molecule is CCCN1C(=O)C2(CCCNC2)c2c(C)cccc21. The second-order valence-electron chi connectivity index (χ2n) is 5.79. The summed E-state index contributed by atoms with van der Waals surface area (Å²) in [6, 6.07) is 6.32. The van der Waals surface area contributed by atoms with Crippen molar-refractivity contribution in [3.8, 4) is 0 Å². The van der Waals surface area contributed by atoms with E-state index in [9.17, 15) is 4.79 Å². The molecule has 3 nitrogen and oxygen atoms in total. The molecular weight excluding hydrogens is 236 g/mol. The Balaban J connectivity index is 2.15. The van der Waals surface area contributed by atoms with E-state index in [0.29, 0.717) is 5.91 Å². The van der Waals surface area contributed by atoms with Gasteiger partial charge in [-0.1, -0.05) is 19.1 Å². The number of anilines is 1. The van der Waals surface area contributed by atoms with E-state index < -0.39 is 0 Å². The van der Waals surface area contributed by atoms with E-state index in [4.69, 9.17) is 0 Å². The van der Waals surface area contributed by atoms with Crippen molar-refractivity contribution in [1.82, 2.24) is 5.32 Å². The van der Waals surface area contributed by atoms with Crippen LogP contribution >= 0.6 is 0 Å². The summed E-state index contributed by atoms with van der Waals surface area (Å²) in [7, 11) is 0. The quantitative estimate of drug-likeness (QED) is 0.883. The molecule has 1 amide bonds. The lowest BCUT2D eigenvalue weighted by Crippen LogP contribution is -2.50. The van der Waals surface area contributed by atoms with Crippen LogP contribution in [-0.4, -0.2) is 25.5 Å². The highest BCUT2D eigenvalue weighted by Gasteiger charge is 2.51. The number of piperidine rings is 1. The number of hydrogen-bond donors (Lipinski definition) is 1. The fourth-order valence-electron chi connectivity index (χ4n) is 3.72. The molecule has 0 aromatic heterocycles. The third kappa shape index (κ3) is 1.71. The van der Waals surface area contributed by atoms with Crippen LogP contribution in [0.25, 0.3) is 0 Å². The summed E-state index contributed by atoms with van der Waals surface area (Å²) < 4.78 is 0. The summed E-state index contributed by atoms with van der Waals surface area (Å²) in [6.07, 6.45) is 3.07. The van der Waals surface area contributed by atoms with Crippen LogP contribution < -0.4 is 10.2 Å². The molecule has 0 saturated carbocycles. The normalized spacial score (nSPS) is 26.0. The maximum atomic E-state index is 13.0. The molecule has 0 radical (unpaired) electrons. The third-order valence-corrected chi connectivity index (χ3v) is 4.51. The number of aryl methyl sites for hydroxylation is 1. The number of fused-ring (bicyclic) bond motifs is 2. The Kier molecular flexibility index (Phi) is 3.09. The summed E-state index contributed by atoms with van der Waals surface area (Å²) in [5.41, 5.74) is 3.39. The third-order valence-electron chi connectivity index (χ3n) is 4.51. The summed E-state index contributed by atoms with van der Waals surface area (Å²) in [5, 5.41) is 3.43. The molecule has 0 bridgehead atoms. The van der Waals surface area contributed by atoms with Crippen molar-refractivity contribution in [2.75, 3.05) is 24.5 Å². The van der Waals surface area contributed by atoms with E-state index in [1.807, 2.05) is 4.90 Å². The summed E-state index contributed by atoms with van der Waals surface area (Å²) in [6.45, 7) is 6.93. The Morgan fingerprint density at radius 2 is 2.26 bits per heavy atom. The maximum absolute atomic E-state index is 13.0. The van der Waals surface area contributed by atoms with Gasteiger partial charge in [-0.2, -0.15) is 0 Å². The Hall–Kier alpha value is -1.35. The van der Waals surface area contributed by atoms with Crippen LogP contribution in [0.3, 0.4) is 0 Å². The first-order chi connectivity index (χ1) is 9.20. The van der Waals surface area contributed by atoms with E-state index >= 15 is 0 Å². The number of amides is 1. The smallest absolute Gasteiger partial charge is 0.239 e.